The lowest BCUT2D eigenvalue weighted by Crippen LogP contribution is -2.43. The number of rotatable bonds is 6. The Morgan fingerprint density at radius 2 is 1.89 bits per heavy atom. The van der Waals surface area contributed by atoms with E-state index in [2.05, 4.69) is 5.43 Å². The summed E-state index contributed by atoms with van der Waals surface area (Å²) in [6, 6.07) is 0. The highest BCUT2D eigenvalue weighted by Gasteiger charge is 2.29. The molecule has 3 amide bonds. The number of amides is 3. The minimum absolute atomic E-state index is 0.0709. The fourth-order valence-corrected chi connectivity index (χ4v) is 2.08. The van der Waals surface area contributed by atoms with Crippen LogP contribution in [0.15, 0.2) is 0 Å². The Kier molecular flexibility index (Phi) is 5.77. The molecule has 6 nitrogen and oxygen atoms in total. The summed E-state index contributed by atoms with van der Waals surface area (Å²) in [6.07, 6.45) is 3.57. The second-order valence-electron chi connectivity index (χ2n) is 4.83. The minimum Gasteiger partial charge on any atom is -0.294 e. The lowest BCUT2D eigenvalue weighted by molar-refractivity contribution is -0.149. The number of carbonyl (C=O) groups excluding carboxylic acids is 3. The molecule has 0 radical (unpaired) electrons. The molecule has 1 aliphatic rings. The van der Waals surface area contributed by atoms with Crippen LogP contribution in [0.3, 0.4) is 0 Å². The van der Waals surface area contributed by atoms with Crippen molar-refractivity contribution in [1.82, 2.24) is 10.3 Å². The molecule has 0 saturated carbocycles. The van der Waals surface area contributed by atoms with E-state index in [1.165, 1.54) is 4.90 Å². The van der Waals surface area contributed by atoms with E-state index in [4.69, 9.17) is 5.84 Å². The van der Waals surface area contributed by atoms with Crippen LogP contribution >= 0.6 is 0 Å². The lowest BCUT2D eigenvalue weighted by Gasteiger charge is -2.28. The van der Waals surface area contributed by atoms with Crippen molar-refractivity contribution in [3.8, 4) is 0 Å². The Labute approximate surface area is 107 Å². The number of hydrazine groups is 1. The number of nitrogens with two attached hydrogens (primary N) is 1. The predicted molar refractivity (Wildman–Crippen MR) is 65.9 cm³/mol. The summed E-state index contributed by atoms with van der Waals surface area (Å²) in [7, 11) is 0. The highest BCUT2D eigenvalue weighted by atomic mass is 16.2. The molecular weight excluding hydrogens is 234 g/mol. The van der Waals surface area contributed by atoms with Crippen LogP contribution in [0, 0.1) is 5.92 Å². The van der Waals surface area contributed by atoms with Crippen LogP contribution in [0.1, 0.15) is 45.4 Å². The Hall–Kier alpha value is -1.43. The number of piperidine rings is 1. The van der Waals surface area contributed by atoms with Gasteiger partial charge in [-0.2, -0.15) is 0 Å². The van der Waals surface area contributed by atoms with E-state index in [9.17, 15) is 14.4 Å². The second kappa shape index (κ2) is 7.10. The van der Waals surface area contributed by atoms with Gasteiger partial charge in [-0.3, -0.25) is 24.7 Å². The van der Waals surface area contributed by atoms with Gasteiger partial charge in [0.1, 0.15) is 0 Å². The molecule has 18 heavy (non-hydrogen) atoms. The molecule has 0 aliphatic carbocycles. The first-order chi connectivity index (χ1) is 8.54. The number of nitrogens with zero attached hydrogens (tertiary/aromatic N) is 1. The smallest absolute Gasteiger partial charge is 0.233 e. The van der Waals surface area contributed by atoms with Gasteiger partial charge < -0.3 is 0 Å². The molecule has 102 valence electrons. The molecule has 3 N–H and O–H groups in total. The van der Waals surface area contributed by atoms with Gasteiger partial charge in [0.2, 0.25) is 17.7 Å². The van der Waals surface area contributed by atoms with Crippen LogP contribution in [0.25, 0.3) is 0 Å². The third kappa shape index (κ3) is 4.44. The highest BCUT2D eigenvalue weighted by molar-refractivity contribution is 5.97. The summed E-state index contributed by atoms with van der Waals surface area (Å²) in [5, 5.41) is 0. The van der Waals surface area contributed by atoms with Gasteiger partial charge >= 0.3 is 0 Å². The van der Waals surface area contributed by atoms with Gasteiger partial charge in [-0.05, 0) is 18.8 Å². The molecule has 1 fully saturated rings. The average Bonchev–Trinajstić information content (AvgIpc) is 2.31. The summed E-state index contributed by atoms with van der Waals surface area (Å²) in [4.78, 5) is 35.5. The van der Waals surface area contributed by atoms with Crippen molar-refractivity contribution in [1.29, 1.82) is 0 Å². The molecule has 1 heterocycles. The van der Waals surface area contributed by atoms with Crippen LogP contribution in [-0.2, 0) is 14.4 Å². The number of hydrogen-bond donors (Lipinski definition) is 2. The molecule has 0 bridgehead atoms. The third-order valence-electron chi connectivity index (χ3n) is 3.09. The van der Waals surface area contributed by atoms with E-state index in [0.29, 0.717) is 25.8 Å². The van der Waals surface area contributed by atoms with E-state index in [0.717, 1.165) is 19.3 Å². The Morgan fingerprint density at radius 1 is 1.28 bits per heavy atom. The van der Waals surface area contributed by atoms with Crippen molar-refractivity contribution in [3.05, 3.63) is 0 Å². The number of unbranched alkanes of at least 4 members (excludes halogenated alkanes) is 2. The number of nitrogens with one attached hydrogen (secondary N) is 1. The molecule has 6 heteroatoms. The summed E-state index contributed by atoms with van der Waals surface area (Å²) in [6.45, 7) is 2.38. The van der Waals surface area contributed by atoms with Crippen LogP contribution in [-0.4, -0.2) is 29.2 Å². The first kappa shape index (κ1) is 14.6. The van der Waals surface area contributed by atoms with Crippen LogP contribution < -0.4 is 11.3 Å². The first-order valence-corrected chi connectivity index (χ1v) is 6.37. The molecule has 0 unspecified atom stereocenters. The first-order valence-electron chi connectivity index (χ1n) is 6.37. The lowest BCUT2D eigenvalue weighted by atomic mass is 9.97. The maximum Gasteiger partial charge on any atom is 0.233 e. The third-order valence-corrected chi connectivity index (χ3v) is 3.09. The standard InChI is InChI=1S/C12H21N3O3/c1-9-7-11(17)15(12(18)8-9)6-4-2-3-5-10(16)14-13/h9H,2-8,13H2,1H3,(H,14,16). The Balaban J connectivity index is 2.20. The summed E-state index contributed by atoms with van der Waals surface area (Å²) < 4.78 is 0. The van der Waals surface area contributed by atoms with Gasteiger partial charge in [-0.25, -0.2) is 5.84 Å². The van der Waals surface area contributed by atoms with E-state index >= 15 is 0 Å². The zero-order valence-electron chi connectivity index (χ0n) is 10.8. The number of imide groups is 1. The van der Waals surface area contributed by atoms with E-state index in [1.807, 2.05) is 6.92 Å². The Morgan fingerprint density at radius 3 is 2.44 bits per heavy atom. The van der Waals surface area contributed by atoms with Gasteiger partial charge in [-0.15, -0.1) is 0 Å². The number of likely N-dealkylation sites (tertiary alicyclic amines) is 1. The molecule has 1 saturated heterocycles. The number of hydrogen-bond acceptors (Lipinski definition) is 4. The molecular formula is C12H21N3O3. The van der Waals surface area contributed by atoms with Crippen molar-refractivity contribution in [2.45, 2.75) is 45.4 Å². The largest absolute Gasteiger partial charge is 0.294 e. The summed E-state index contributed by atoms with van der Waals surface area (Å²) >= 11 is 0. The van der Waals surface area contributed by atoms with Crippen LogP contribution in [0.2, 0.25) is 0 Å². The zero-order valence-corrected chi connectivity index (χ0v) is 10.8. The Bertz CT molecular complexity index is 313. The SMILES string of the molecule is CC1CC(=O)N(CCCCCC(=O)NN)C(=O)C1. The van der Waals surface area contributed by atoms with Gasteiger partial charge in [0.25, 0.3) is 0 Å². The molecule has 0 aromatic carbocycles. The fraction of sp³-hybridized carbons (Fsp3) is 0.750. The normalized spacial score (nSPS) is 17.1. The fourth-order valence-electron chi connectivity index (χ4n) is 2.08. The molecule has 1 aliphatic heterocycles. The second-order valence-corrected chi connectivity index (χ2v) is 4.83. The average molecular weight is 255 g/mol. The maximum atomic E-state index is 11.7. The topological polar surface area (TPSA) is 92.5 Å². The zero-order chi connectivity index (χ0) is 13.5. The van der Waals surface area contributed by atoms with E-state index < -0.39 is 0 Å². The van der Waals surface area contributed by atoms with Gasteiger partial charge in [0, 0.05) is 25.8 Å². The molecule has 0 aromatic heterocycles. The predicted octanol–water partition coefficient (Wildman–Crippen LogP) is 0.322. The van der Waals surface area contributed by atoms with Crippen molar-refractivity contribution >= 4 is 17.7 Å². The van der Waals surface area contributed by atoms with Crippen molar-refractivity contribution in [3.63, 3.8) is 0 Å². The maximum absolute atomic E-state index is 11.7. The monoisotopic (exact) mass is 255 g/mol. The molecule has 0 atom stereocenters. The molecule has 0 spiro atoms. The van der Waals surface area contributed by atoms with Gasteiger partial charge in [0.15, 0.2) is 0 Å². The molecule has 0 aromatic rings. The minimum atomic E-state index is -0.186. The van der Waals surface area contributed by atoms with Crippen LogP contribution in [0.5, 0.6) is 0 Å². The quantitative estimate of drug-likeness (QED) is 0.235. The van der Waals surface area contributed by atoms with Crippen molar-refractivity contribution in [2.24, 2.45) is 11.8 Å². The summed E-state index contributed by atoms with van der Waals surface area (Å²) in [5.74, 6) is 4.79. The van der Waals surface area contributed by atoms with Crippen molar-refractivity contribution in [2.75, 3.05) is 6.54 Å². The highest BCUT2D eigenvalue weighted by Crippen LogP contribution is 2.19. The van der Waals surface area contributed by atoms with E-state index in [-0.39, 0.29) is 23.6 Å². The van der Waals surface area contributed by atoms with E-state index in [1.54, 1.807) is 0 Å². The summed E-state index contributed by atoms with van der Waals surface area (Å²) in [5.41, 5.74) is 2.07. The van der Waals surface area contributed by atoms with Gasteiger partial charge in [-0.1, -0.05) is 13.3 Å². The molecule has 1 rings (SSSR count). The van der Waals surface area contributed by atoms with Gasteiger partial charge in [0.05, 0.1) is 0 Å². The van der Waals surface area contributed by atoms with Crippen LogP contribution in [0.4, 0.5) is 0 Å². The van der Waals surface area contributed by atoms with Crippen molar-refractivity contribution < 1.29 is 14.4 Å². The number of carbonyl (C=O) groups is 3.